The summed E-state index contributed by atoms with van der Waals surface area (Å²) in [5.74, 6) is -1.29. The number of allylic oxidation sites excluding steroid dienone is 2. The molecule has 0 saturated heterocycles. The first kappa shape index (κ1) is 31.1. The third-order valence-corrected chi connectivity index (χ3v) is 62.6. The van der Waals surface area contributed by atoms with Gasteiger partial charge in [-0.15, -0.1) is 0 Å². The van der Waals surface area contributed by atoms with Gasteiger partial charge < -0.3 is 0 Å². The second kappa shape index (κ2) is 11.3. The number of fused-ring (bicyclic) bond motifs is 3. The fourth-order valence-electron chi connectivity index (χ4n) is 8.39. The van der Waals surface area contributed by atoms with Gasteiger partial charge in [0.25, 0.3) is 0 Å². The van der Waals surface area contributed by atoms with Gasteiger partial charge in [0.2, 0.25) is 0 Å². The van der Waals surface area contributed by atoms with Crippen LogP contribution in [0.5, 0.6) is 0 Å². The van der Waals surface area contributed by atoms with Gasteiger partial charge in [0, 0.05) is 0 Å². The Labute approximate surface area is 277 Å². The maximum atomic E-state index is 8.63. The Morgan fingerprint density at radius 1 is 0.644 bits per heavy atom. The Morgan fingerprint density at radius 2 is 1.33 bits per heavy atom. The van der Waals surface area contributed by atoms with Gasteiger partial charge in [-0.25, -0.2) is 0 Å². The van der Waals surface area contributed by atoms with Crippen LogP contribution in [-0.2, 0) is 15.6 Å². The summed E-state index contributed by atoms with van der Waals surface area (Å²) in [6.07, 6.45) is 4.90. The molecule has 7 rings (SSSR count). The average molecular weight is 724 g/mol. The Bertz CT molecular complexity index is 2040. The minimum absolute atomic E-state index is 0.0790. The number of hydrogen-bond acceptors (Lipinski definition) is 0. The van der Waals surface area contributed by atoms with E-state index in [0.717, 1.165) is 0 Å². The van der Waals surface area contributed by atoms with Crippen molar-refractivity contribution < 1.29 is 15.6 Å². The van der Waals surface area contributed by atoms with Crippen LogP contribution in [-0.4, -0.2) is 5.92 Å². The molecule has 0 aliphatic heterocycles. The van der Waals surface area contributed by atoms with Crippen molar-refractivity contribution in [2.75, 3.05) is 0 Å². The van der Waals surface area contributed by atoms with Gasteiger partial charge in [0.1, 0.15) is 0 Å². The standard InChI is InChI=1S/C21H17.C18H17.C2H7Si.2ClH.Zr/c1-14-11-20-15(2)7-10-19(21(20)12-14)18-9-8-16-5-3-4-6-17(16)13-18;1-13(2)16-11-15-9-6-10-17(18(15)12-16)14-7-4-3-5-8-14;1-3-2;;;/h3-13H,1-2H3;3-13H,1-2H3;3H,1-2H3;2*1H;/q;;;;;+2/p-2. The molecular formula is C41H41Cl2SiZr. The summed E-state index contributed by atoms with van der Waals surface area (Å²) in [7, 11) is 17.3. The van der Waals surface area contributed by atoms with Gasteiger partial charge in [0.05, 0.1) is 0 Å². The Kier molecular flexibility index (Phi) is 7.85. The average Bonchev–Trinajstić information content (AvgIpc) is 3.62. The van der Waals surface area contributed by atoms with E-state index < -0.39 is 21.5 Å². The normalized spacial score (nSPS) is 18.5. The molecule has 0 heterocycles. The van der Waals surface area contributed by atoms with Crippen LogP contribution in [0.2, 0.25) is 13.1 Å². The van der Waals surface area contributed by atoms with E-state index in [0.29, 0.717) is 5.92 Å². The van der Waals surface area contributed by atoms with E-state index in [1.165, 1.54) is 72.0 Å². The van der Waals surface area contributed by atoms with Gasteiger partial charge in [-0.05, 0) is 0 Å². The van der Waals surface area contributed by atoms with Gasteiger partial charge in [0.15, 0.2) is 0 Å². The third kappa shape index (κ3) is 4.78. The summed E-state index contributed by atoms with van der Waals surface area (Å²) >= 11 is -4.83. The van der Waals surface area contributed by atoms with E-state index in [1.54, 1.807) is 0 Å². The molecule has 2 atom stereocenters. The summed E-state index contributed by atoms with van der Waals surface area (Å²) in [6.45, 7) is 14.1. The number of hydrogen-bond donors (Lipinski definition) is 0. The number of benzene rings is 5. The van der Waals surface area contributed by atoms with Gasteiger partial charge in [-0.1, -0.05) is 0 Å². The third-order valence-electron chi connectivity index (χ3n) is 10.7. The van der Waals surface area contributed by atoms with Crippen LogP contribution in [0, 0.1) is 12.8 Å². The summed E-state index contributed by atoms with van der Waals surface area (Å²) in [5, 5.41) is 2.52. The molecule has 4 heteroatoms. The number of rotatable bonds is 6. The zero-order valence-corrected chi connectivity index (χ0v) is 32.2. The summed E-state index contributed by atoms with van der Waals surface area (Å²) in [4.78, 5) is 0. The zero-order chi connectivity index (χ0) is 31.7. The van der Waals surface area contributed by atoms with Gasteiger partial charge in [-0.3, -0.25) is 0 Å². The topological polar surface area (TPSA) is 0 Å². The van der Waals surface area contributed by atoms with Crippen molar-refractivity contribution in [2.45, 2.75) is 48.0 Å². The molecule has 5 aromatic rings. The molecule has 0 radical (unpaired) electrons. The molecule has 5 aromatic carbocycles. The van der Waals surface area contributed by atoms with E-state index in [2.05, 4.69) is 156 Å². The van der Waals surface area contributed by atoms with Crippen molar-refractivity contribution in [1.29, 1.82) is 0 Å². The van der Waals surface area contributed by atoms with E-state index in [-0.39, 0.29) is 7.25 Å². The molecule has 0 bridgehead atoms. The summed E-state index contributed by atoms with van der Waals surface area (Å²) < 4.78 is 0.165. The first-order valence-corrected chi connectivity index (χ1v) is 32.6. The maximum absolute atomic E-state index is 8.63. The monoisotopic (exact) mass is 721 g/mol. The second-order valence-corrected chi connectivity index (χ2v) is 56.4. The van der Waals surface area contributed by atoms with Crippen LogP contribution in [0.3, 0.4) is 0 Å². The molecule has 45 heavy (non-hydrogen) atoms. The molecule has 0 fully saturated rings. The second-order valence-electron chi connectivity index (χ2n) is 13.9. The van der Waals surface area contributed by atoms with Gasteiger partial charge >= 0.3 is 280 Å². The fourth-order valence-corrected chi connectivity index (χ4v) is 40.6. The number of halogens is 2. The number of aryl methyl sites for hydroxylation is 1. The first-order chi connectivity index (χ1) is 21.5. The van der Waals surface area contributed by atoms with Crippen LogP contribution in [0.15, 0.2) is 114 Å². The first-order valence-electron chi connectivity index (χ1n) is 16.3. The molecule has 2 aliphatic rings. The SMILES string of the molecule is CC1=Cc2c(-c3ccc4ccccc4c3)ccc(C)c2[CH]1[Zr]([Cl])([Cl])([CH]1C(C(C)C)=Cc2c(-c3ccccc3)cccc21)[SiH](C)C. The van der Waals surface area contributed by atoms with E-state index in [9.17, 15) is 0 Å². The quantitative estimate of drug-likeness (QED) is 0.153. The summed E-state index contributed by atoms with van der Waals surface area (Å²) in [6, 6.07) is 37.7. The zero-order valence-electron chi connectivity index (χ0n) is 27.0. The van der Waals surface area contributed by atoms with E-state index >= 15 is 0 Å². The van der Waals surface area contributed by atoms with Crippen LogP contribution in [0.25, 0.3) is 45.2 Å². The predicted molar refractivity (Wildman–Crippen MR) is 199 cm³/mol. The predicted octanol–water partition coefficient (Wildman–Crippen LogP) is 12.7. The fraction of sp³-hybridized carbons (Fsp3) is 0.220. The van der Waals surface area contributed by atoms with Crippen LogP contribution in [0.1, 0.15) is 55.8 Å². The molecular weight excluding hydrogens is 683 g/mol. The van der Waals surface area contributed by atoms with Crippen LogP contribution in [0.4, 0.5) is 0 Å². The van der Waals surface area contributed by atoms with Crippen molar-refractivity contribution >= 4 is 45.9 Å². The Hall–Kier alpha value is -2.48. The van der Waals surface area contributed by atoms with Crippen molar-refractivity contribution in [3.05, 3.63) is 142 Å². The van der Waals surface area contributed by atoms with Gasteiger partial charge in [-0.2, -0.15) is 0 Å². The van der Waals surface area contributed by atoms with Crippen molar-refractivity contribution in [2.24, 2.45) is 5.92 Å². The Morgan fingerprint density at radius 3 is 2.04 bits per heavy atom. The molecule has 0 amide bonds. The van der Waals surface area contributed by atoms with E-state index in [1.807, 2.05) is 0 Å². The van der Waals surface area contributed by atoms with Crippen LogP contribution >= 0.6 is 17.0 Å². The molecule has 0 saturated carbocycles. The van der Waals surface area contributed by atoms with E-state index in [4.69, 9.17) is 17.0 Å². The van der Waals surface area contributed by atoms with Crippen LogP contribution < -0.4 is 0 Å². The Balaban J connectivity index is 1.46. The van der Waals surface area contributed by atoms with Crippen molar-refractivity contribution in [3.8, 4) is 22.3 Å². The molecule has 0 nitrogen and oxygen atoms in total. The molecule has 0 spiro atoms. The summed E-state index contributed by atoms with van der Waals surface area (Å²) in [5.41, 5.74) is 14.5. The molecule has 2 unspecified atom stereocenters. The molecule has 227 valence electrons. The van der Waals surface area contributed by atoms with Crippen molar-refractivity contribution in [3.63, 3.8) is 0 Å². The van der Waals surface area contributed by atoms with Crippen molar-refractivity contribution in [1.82, 2.24) is 0 Å². The molecule has 0 N–H and O–H groups in total. The minimum atomic E-state index is -4.83. The molecule has 2 aliphatic carbocycles. The molecule has 0 aromatic heterocycles.